The molecule has 4 rings (SSSR count). The number of hydrogen-bond acceptors (Lipinski definition) is 4. The van der Waals surface area contributed by atoms with Crippen molar-refractivity contribution < 1.29 is 18.8 Å². The molecule has 3 aromatic carbocycles. The second-order valence-electron chi connectivity index (χ2n) is 8.26. The first-order valence-electron chi connectivity index (χ1n) is 10.8. The standard InChI is InChI=1S/C27H24FN4O3/c1-16-24(27(2,31-26(33)34)21-5-3-4-6-22(21)28)25(35-32-16)20-13-11-19(12-14-20)18-9-7-17(8-10-18)15-23(29)30/h3-14,31H,2,15H2,1H3,(H3,29,30)(H,33,34). The molecule has 0 spiro atoms. The molecule has 1 amide bonds. The van der Waals surface area contributed by atoms with Crippen LogP contribution in [0.1, 0.15) is 22.4 Å². The van der Waals surface area contributed by atoms with E-state index in [2.05, 4.69) is 17.4 Å². The Morgan fingerprint density at radius 2 is 1.66 bits per heavy atom. The average Bonchev–Trinajstić information content (AvgIpc) is 3.21. The van der Waals surface area contributed by atoms with E-state index in [0.29, 0.717) is 23.2 Å². The van der Waals surface area contributed by atoms with Crippen LogP contribution in [0, 0.1) is 25.1 Å². The molecule has 0 aliphatic heterocycles. The van der Waals surface area contributed by atoms with Crippen molar-refractivity contribution >= 4 is 11.9 Å². The van der Waals surface area contributed by atoms with Crippen molar-refractivity contribution in [1.29, 1.82) is 5.41 Å². The zero-order chi connectivity index (χ0) is 25.2. The van der Waals surface area contributed by atoms with Gasteiger partial charge in [0, 0.05) is 17.5 Å². The highest BCUT2D eigenvalue weighted by molar-refractivity contribution is 5.80. The molecular formula is C27H24FN4O3. The molecule has 1 atom stereocenters. The van der Waals surface area contributed by atoms with Crippen LogP contribution in [0.4, 0.5) is 9.18 Å². The Morgan fingerprint density at radius 3 is 2.23 bits per heavy atom. The summed E-state index contributed by atoms with van der Waals surface area (Å²) in [4.78, 5) is 11.7. The van der Waals surface area contributed by atoms with E-state index in [-0.39, 0.29) is 17.2 Å². The van der Waals surface area contributed by atoms with Gasteiger partial charge in [-0.1, -0.05) is 71.9 Å². The molecule has 0 fully saturated rings. The summed E-state index contributed by atoms with van der Waals surface area (Å²) in [5.74, 6) is -0.209. The van der Waals surface area contributed by atoms with Gasteiger partial charge in [-0.3, -0.25) is 5.41 Å². The monoisotopic (exact) mass is 471 g/mol. The molecule has 1 aromatic heterocycles. The number of nitrogens with two attached hydrogens (primary N) is 1. The van der Waals surface area contributed by atoms with Crippen LogP contribution in [-0.2, 0) is 12.0 Å². The van der Waals surface area contributed by atoms with E-state index in [0.717, 1.165) is 16.7 Å². The number of carboxylic acid groups (broad SMARTS) is 1. The van der Waals surface area contributed by atoms with E-state index in [1.165, 1.54) is 18.2 Å². The van der Waals surface area contributed by atoms with Crippen LogP contribution < -0.4 is 11.1 Å². The van der Waals surface area contributed by atoms with E-state index in [1.807, 2.05) is 48.5 Å². The van der Waals surface area contributed by atoms with Gasteiger partial charge in [0.2, 0.25) is 0 Å². The van der Waals surface area contributed by atoms with Crippen LogP contribution in [0.25, 0.3) is 22.5 Å². The minimum Gasteiger partial charge on any atom is -0.465 e. The van der Waals surface area contributed by atoms with Gasteiger partial charge in [-0.2, -0.15) is 0 Å². The molecule has 0 saturated carbocycles. The van der Waals surface area contributed by atoms with Crippen LogP contribution in [0.5, 0.6) is 0 Å². The number of hydrogen-bond donors (Lipinski definition) is 4. The maximum Gasteiger partial charge on any atom is 0.405 e. The van der Waals surface area contributed by atoms with Gasteiger partial charge in [-0.25, -0.2) is 9.18 Å². The molecule has 5 N–H and O–H groups in total. The van der Waals surface area contributed by atoms with Gasteiger partial charge in [0.25, 0.3) is 0 Å². The summed E-state index contributed by atoms with van der Waals surface area (Å²) in [6.45, 7) is 5.72. The number of benzene rings is 3. The van der Waals surface area contributed by atoms with Crippen molar-refractivity contribution in [1.82, 2.24) is 10.5 Å². The fourth-order valence-corrected chi connectivity index (χ4v) is 4.17. The zero-order valence-electron chi connectivity index (χ0n) is 19.0. The van der Waals surface area contributed by atoms with Gasteiger partial charge in [-0.15, -0.1) is 0 Å². The number of carbonyl (C=O) groups is 1. The fourth-order valence-electron chi connectivity index (χ4n) is 4.17. The van der Waals surface area contributed by atoms with Gasteiger partial charge in [0.15, 0.2) is 5.76 Å². The number of aryl methyl sites for hydroxylation is 1. The molecule has 0 bridgehead atoms. The molecule has 0 aliphatic carbocycles. The lowest BCUT2D eigenvalue weighted by molar-refractivity contribution is 0.186. The zero-order valence-corrected chi connectivity index (χ0v) is 19.0. The predicted octanol–water partition coefficient (Wildman–Crippen LogP) is 5.28. The normalized spacial score (nSPS) is 12.7. The maximum absolute atomic E-state index is 14.8. The lowest BCUT2D eigenvalue weighted by atomic mass is 9.82. The number of amides is 1. The smallest absolute Gasteiger partial charge is 0.405 e. The number of halogens is 1. The highest BCUT2D eigenvalue weighted by Gasteiger charge is 2.39. The maximum atomic E-state index is 14.8. The summed E-state index contributed by atoms with van der Waals surface area (Å²) in [6, 6.07) is 21.1. The van der Waals surface area contributed by atoms with Crippen molar-refractivity contribution in [3.8, 4) is 22.5 Å². The van der Waals surface area contributed by atoms with Gasteiger partial charge >= 0.3 is 6.09 Å². The summed E-state index contributed by atoms with van der Waals surface area (Å²) in [5.41, 5.74) is 8.04. The molecule has 1 radical (unpaired) electrons. The second kappa shape index (κ2) is 9.42. The van der Waals surface area contributed by atoms with Crippen LogP contribution in [-0.4, -0.2) is 22.2 Å². The molecular weight excluding hydrogens is 447 g/mol. The van der Waals surface area contributed by atoms with Crippen molar-refractivity contribution in [3.63, 3.8) is 0 Å². The first-order chi connectivity index (χ1) is 16.7. The van der Waals surface area contributed by atoms with Crippen molar-refractivity contribution in [3.05, 3.63) is 108 Å². The third-order valence-corrected chi connectivity index (χ3v) is 5.77. The average molecular weight is 472 g/mol. The first-order valence-corrected chi connectivity index (χ1v) is 10.8. The summed E-state index contributed by atoms with van der Waals surface area (Å²) in [6.07, 6.45) is -0.968. The Hall–Kier alpha value is -4.46. The Balaban J connectivity index is 1.74. The van der Waals surface area contributed by atoms with Gasteiger partial charge in [0.05, 0.1) is 17.1 Å². The summed E-state index contributed by atoms with van der Waals surface area (Å²) in [7, 11) is 0. The van der Waals surface area contributed by atoms with Crippen molar-refractivity contribution in [2.75, 3.05) is 0 Å². The van der Waals surface area contributed by atoms with Gasteiger partial charge < -0.3 is 20.7 Å². The minimum absolute atomic E-state index is 0.0530. The lowest BCUT2D eigenvalue weighted by Gasteiger charge is -2.30. The Labute approximate surface area is 201 Å². The Morgan fingerprint density at radius 1 is 1.09 bits per heavy atom. The summed E-state index contributed by atoms with van der Waals surface area (Å²) < 4.78 is 20.4. The van der Waals surface area contributed by atoms with Crippen molar-refractivity contribution in [2.24, 2.45) is 5.73 Å². The van der Waals surface area contributed by atoms with E-state index >= 15 is 0 Å². The van der Waals surface area contributed by atoms with E-state index in [1.54, 1.807) is 13.0 Å². The number of rotatable bonds is 7. The van der Waals surface area contributed by atoms with Gasteiger partial charge in [-0.05, 0) is 36.6 Å². The highest BCUT2D eigenvalue weighted by atomic mass is 19.1. The quantitative estimate of drug-likeness (QED) is 0.216. The van der Waals surface area contributed by atoms with Crippen LogP contribution >= 0.6 is 0 Å². The topological polar surface area (TPSA) is 125 Å². The number of aromatic nitrogens is 1. The molecule has 177 valence electrons. The third-order valence-electron chi connectivity index (χ3n) is 5.77. The second-order valence-corrected chi connectivity index (χ2v) is 8.26. The molecule has 35 heavy (non-hydrogen) atoms. The van der Waals surface area contributed by atoms with E-state index < -0.39 is 17.4 Å². The van der Waals surface area contributed by atoms with Crippen molar-refractivity contribution in [2.45, 2.75) is 18.9 Å². The van der Waals surface area contributed by atoms with Crippen LogP contribution in [0.3, 0.4) is 0 Å². The van der Waals surface area contributed by atoms with E-state index in [9.17, 15) is 14.3 Å². The Bertz CT molecular complexity index is 1380. The minimum atomic E-state index is -1.69. The molecule has 1 unspecified atom stereocenters. The lowest BCUT2D eigenvalue weighted by Crippen LogP contribution is -2.45. The molecule has 7 nitrogen and oxygen atoms in total. The predicted molar refractivity (Wildman–Crippen MR) is 131 cm³/mol. The van der Waals surface area contributed by atoms with E-state index in [4.69, 9.17) is 15.7 Å². The number of nitrogens with zero attached hydrogens (tertiary/aromatic N) is 1. The first kappa shape index (κ1) is 23.7. The number of nitrogens with one attached hydrogen (secondary N) is 2. The Kier molecular flexibility index (Phi) is 6.38. The molecule has 1 heterocycles. The molecule has 0 aliphatic rings. The summed E-state index contributed by atoms with van der Waals surface area (Å²) in [5, 5.41) is 23.4. The highest BCUT2D eigenvalue weighted by Crippen LogP contribution is 2.40. The third kappa shape index (κ3) is 4.77. The van der Waals surface area contributed by atoms with Gasteiger partial charge in [0.1, 0.15) is 11.4 Å². The summed E-state index contributed by atoms with van der Waals surface area (Å²) >= 11 is 0. The fraction of sp³-hybridized carbons (Fsp3) is 0.111. The number of amidine groups is 1. The SMILES string of the molecule is [CH2]C(NC(=O)O)(c1ccccc1F)c1c(C)noc1-c1ccc(-c2ccc(CC(=N)N)cc2)cc1. The van der Waals surface area contributed by atoms with Crippen LogP contribution in [0.15, 0.2) is 77.3 Å². The largest absolute Gasteiger partial charge is 0.465 e. The molecule has 4 aromatic rings. The van der Waals surface area contributed by atoms with Crippen LogP contribution in [0.2, 0.25) is 0 Å². The molecule has 0 saturated heterocycles. The molecule has 8 heteroatoms.